The number of carbonyl (C=O) groups is 1. The Bertz CT molecular complexity index is 525. The molecular weight excluding hydrogens is 268 g/mol. The number of nitrogens with zero attached hydrogens (tertiary/aromatic N) is 2. The monoisotopic (exact) mass is 288 g/mol. The molecule has 0 spiro atoms. The molecule has 1 N–H and O–H groups in total. The van der Waals surface area contributed by atoms with E-state index >= 15 is 0 Å². The number of rotatable bonds is 3. The number of ether oxygens (including phenoxy) is 1. The summed E-state index contributed by atoms with van der Waals surface area (Å²) in [5, 5.41) is 8.63. The number of pyridine rings is 1. The minimum absolute atomic E-state index is 0.120. The van der Waals surface area contributed by atoms with Crippen LogP contribution in [0, 0.1) is 11.8 Å². The molecule has 1 aliphatic rings. The van der Waals surface area contributed by atoms with Crippen LogP contribution in [0.3, 0.4) is 0 Å². The molecule has 5 heteroatoms. The quantitative estimate of drug-likeness (QED) is 0.845. The molecule has 1 saturated heterocycles. The number of likely N-dealkylation sites (N-methyl/N-ethyl adjacent to an activating group) is 1. The van der Waals surface area contributed by atoms with Gasteiger partial charge in [-0.1, -0.05) is 11.8 Å². The molecule has 0 aliphatic carbocycles. The van der Waals surface area contributed by atoms with Gasteiger partial charge in [0.15, 0.2) is 0 Å². The SMILES string of the molecule is CN(CC1CCCCO1)C(=O)c1ccc(C#CCO)cn1. The predicted molar refractivity (Wildman–Crippen MR) is 78.8 cm³/mol. The summed E-state index contributed by atoms with van der Waals surface area (Å²) in [6, 6.07) is 3.38. The van der Waals surface area contributed by atoms with Gasteiger partial charge in [0.05, 0.1) is 6.10 Å². The van der Waals surface area contributed by atoms with Gasteiger partial charge in [-0.05, 0) is 31.4 Å². The lowest BCUT2D eigenvalue weighted by molar-refractivity contribution is -0.000289. The van der Waals surface area contributed by atoms with Crippen LogP contribution in [0.25, 0.3) is 0 Å². The Morgan fingerprint density at radius 1 is 1.52 bits per heavy atom. The first kappa shape index (κ1) is 15.5. The van der Waals surface area contributed by atoms with E-state index in [1.807, 2.05) is 0 Å². The molecule has 112 valence electrons. The summed E-state index contributed by atoms with van der Waals surface area (Å²) in [6.07, 6.45) is 4.93. The van der Waals surface area contributed by atoms with E-state index in [1.165, 1.54) is 0 Å². The first-order valence-electron chi connectivity index (χ1n) is 7.13. The zero-order chi connectivity index (χ0) is 15.1. The van der Waals surface area contributed by atoms with E-state index in [1.54, 1.807) is 30.3 Å². The lowest BCUT2D eigenvalue weighted by atomic mass is 10.1. The normalized spacial score (nSPS) is 17.7. The van der Waals surface area contributed by atoms with Crippen molar-refractivity contribution in [1.82, 2.24) is 9.88 Å². The molecule has 0 saturated carbocycles. The number of aromatic nitrogens is 1. The molecule has 1 fully saturated rings. The van der Waals surface area contributed by atoms with Crippen molar-refractivity contribution in [3.05, 3.63) is 29.6 Å². The molecule has 0 bridgehead atoms. The summed E-state index contributed by atoms with van der Waals surface area (Å²) in [5.74, 6) is 5.17. The van der Waals surface area contributed by atoms with Crippen LogP contribution in [-0.4, -0.2) is 53.8 Å². The zero-order valence-corrected chi connectivity index (χ0v) is 12.2. The van der Waals surface area contributed by atoms with Gasteiger partial charge in [-0.15, -0.1) is 0 Å². The van der Waals surface area contributed by atoms with Gasteiger partial charge in [0.1, 0.15) is 12.3 Å². The first-order chi connectivity index (χ1) is 10.2. The molecule has 1 aromatic heterocycles. The average molecular weight is 288 g/mol. The van der Waals surface area contributed by atoms with E-state index in [-0.39, 0.29) is 18.6 Å². The van der Waals surface area contributed by atoms with Gasteiger partial charge in [-0.2, -0.15) is 0 Å². The Morgan fingerprint density at radius 2 is 2.38 bits per heavy atom. The van der Waals surface area contributed by atoms with Gasteiger partial charge in [-0.3, -0.25) is 4.79 Å². The molecule has 0 aromatic carbocycles. The number of amides is 1. The zero-order valence-electron chi connectivity index (χ0n) is 12.2. The van der Waals surface area contributed by atoms with Crippen LogP contribution in [0.4, 0.5) is 0 Å². The molecule has 21 heavy (non-hydrogen) atoms. The summed E-state index contributed by atoms with van der Waals surface area (Å²) in [5.41, 5.74) is 1.07. The first-order valence-corrected chi connectivity index (χ1v) is 7.13. The molecule has 2 rings (SSSR count). The van der Waals surface area contributed by atoms with E-state index in [0.29, 0.717) is 17.8 Å². The Labute approximate surface area is 124 Å². The van der Waals surface area contributed by atoms with Crippen molar-refractivity contribution < 1.29 is 14.6 Å². The van der Waals surface area contributed by atoms with Gasteiger partial charge in [0, 0.05) is 32.0 Å². The van der Waals surface area contributed by atoms with Crippen molar-refractivity contribution in [2.24, 2.45) is 0 Å². The number of aliphatic hydroxyl groups excluding tert-OH is 1. The minimum atomic E-state index is -0.190. The standard InChI is InChI=1S/C16H20N2O3/c1-18(12-14-6-2-3-10-21-14)16(20)15-8-7-13(11-17-15)5-4-9-19/h7-8,11,14,19H,2-3,6,9-10,12H2,1H3. The van der Waals surface area contributed by atoms with Crippen LogP contribution in [0.15, 0.2) is 18.3 Å². The fourth-order valence-electron chi connectivity index (χ4n) is 2.27. The average Bonchev–Trinajstić information content (AvgIpc) is 2.53. The molecular formula is C16H20N2O3. The number of aliphatic hydroxyl groups is 1. The van der Waals surface area contributed by atoms with Gasteiger partial charge in [-0.25, -0.2) is 4.98 Å². The fourth-order valence-corrected chi connectivity index (χ4v) is 2.27. The van der Waals surface area contributed by atoms with Crippen molar-refractivity contribution in [2.75, 3.05) is 26.8 Å². The Morgan fingerprint density at radius 3 is 3.00 bits per heavy atom. The second-order valence-corrected chi connectivity index (χ2v) is 5.07. The third kappa shape index (κ3) is 4.55. The van der Waals surface area contributed by atoms with Crippen molar-refractivity contribution >= 4 is 5.91 Å². The highest BCUT2D eigenvalue weighted by Crippen LogP contribution is 2.14. The van der Waals surface area contributed by atoms with Crippen molar-refractivity contribution in [1.29, 1.82) is 0 Å². The van der Waals surface area contributed by atoms with Crippen LogP contribution in [0.5, 0.6) is 0 Å². The van der Waals surface area contributed by atoms with Crippen molar-refractivity contribution in [3.8, 4) is 11.8 Å². The Balaban J connectivity index is 1.94. The molecule has 1 amide bonds. The van der Waals surface area contributed by atoms with E-state index < -0.39 is 0 Å². The third-order valence-electron chi connectivity index (χ3n) is 3.39. The lowest BCUT2D eigenvalue weighted by Gasteiger charge is -2.27. The second kappa shape index (κ2) is 7.77. The highest BCUT2D eigenvalue weighted by Gasteiger charge is 2.20. The predicted octanol–water partition coefficient (Wildman–Crippen LogP) is 1.07. The molecule has 1 aliphatic heterocycles. The highest BCUT2D eigenvalue weighted by atomic mass is 16.5. The largest absolute Gasteiger partial charge is 0.384 e. The van der Waals surface area contributed by atoms with Crippen LogP contribution >= 0.6 is 0 Å². The summed E-state index contributed by atoms with van der Waals surface area (Å²) >= 11 is 0. The van der Waals surface area contributed by atoms with E-state index in [0.717, 1.165) is 25.9 Å². The smallest absolute Gasteiger partial charge is 0.272 e. The van der Waals surface area contributed by atoms with Crippen LogP contribution in [0.1, 0.15) is 35.3 Å². The third-order valence-corrected chi connectivity index (χ3v) is 3.39. The van der Waals surface area contributed by atoms with Crippen LogP contribution in [-0.2, 0) is 4.74 Å². The molecule has 1 aromatic rings. The summed E-state index contributed by atoms with van der Waals surface area (Å²) in [7, 11) is 1.77. The fraction of sp³-hybridized carbons (Fsp3) is 0.500. The van der Waals surface area contributed by atoms with Gasteiger partial charge >= 0.3 is 0 Å². The van der Waals surface area contributed by atoms with E-state index in [4.69, 9.17) is 9.84 Å². The minimum Gasteiger partial charge on any atom is -0.384 e. The molecule has 0 radical (unpaired) electrons. The van der Waals surface area contributed by atoms with Crippen molar-refractivity contribution in [2.45, 2.75) is 25.4 Å². The van der Waals surface area contributed by atoms with Crippen LogP contribution in [0.2, 0.25) is 0 Å². The van der Waals surface area contributed by atoms with Gasteiger partial charge in [0.2, 0.25) is 0 Å². The summed E-state index contributed by atoms with van der Waals surface area (Å²) in [4.78, 5) is 18.1. The van der Waals surface area contributed by atoms with E-state index in [2.05, 4.69) is 16.8 Å². The maximum absolute atomic E-state index is 12.3. The lowest BCUT2D eigenvalue weighted by Crippen LogP contribution is -2.37. The van der Waals surface area contributed by atoms with Gasteiger partial charge in [0.25, 0.3) is 5.91 Å². The van der Waals surface area contributed by atoms with Crippen molar-refractivity contribution in [3.63, 3.8) is 0 Å². The van der Waals surface area contributed by atoms with Gasteiger partial charge < -0.3 is 14.7 Å². The maximum Gasteiger partial charge on any atom is 0.272 e. The van der Waals surface area contributed by atoms with E-state index in [9.17, 15) is 4.79 Å². The second-order valence-electron chi connectivity index (χ2n) is 5.07. The molecule has 2 heterocycles. The van der Waals surface area contributed by atoms with Crippen LogP contribution < -0.4 is 0 Å². The Hall–Kier alpha value is -1.90. The summed E-state index contributed by atoms with van der Waals surface area (Å²) in [6.45, 7) is 1.18. The Kier molecular flexibility index (Phi) is 5.73. The number of hydrogen-bond acceptors (Lipinski definition) is 4. The topological polar surface area (TPSA) is 62.7 Å². The molecule has 5 nitrogen and oxygen atoms in total. The summed E-state index contributed by atoms with van der Waals surface area (Å²) < 4.78 is 5.64. The number of carbonyl (C=O) groups excluding carboxylic acids is 1. The highest BCUT2D eigenvalue weighted by molar-refractivity contribution is 5.92. The molecule has 1 unspecified atom stereocenters. The number of hydrogen-bond donors (Lipinski definition) is 1. The maximum atomic E-state index is 12.3. The molecule has 1 atom stereocenters.